The molecule has 0 amide bonds. The molecule has 0 aliphatic heterocycles. The molecule has 19 heavy (non-hydrogen) atoms. The van der Waals surface area contributed by atoms with Crippen LogP contribution in [0.4, 0.5) is 4.39 Å². The van der Waals surface area contributed by atoms with Gasteiger partial charge in [-0.25, -0.2) is 14.2 Å². The van der Waals surface area contributed by atoms with Crippen molar-refractivity contribution in [3.8, 4) is 0 Å². The summed E-state index contributed by atoms with van der Waals surface area (Å²) in [5.41, 5.74) is 0.364. The van der Waals surface area contributed by atoms with E-state index in [0.717, 1.165) is 6.07 Å². The zero-order valence-corrected chi connectivity index (χ0v) is 11.1. The first-order valence-corrected chi connectivity index (χ1v) is 6.54. The molecular formula is C12H8ClFN2O2S. The van der Waals surface area contributed by atoms with Gasteiger partial charge in [0.1, 0.15) is 11.0 Å². The molecule has 0 unspecified atom stereocenters. The topological polar surface area (TPSA) is 63.1 Å². The summed E-state index contributed by atoms with van der Waals surface area (Å²) in [4.78, 5) is 19.4. The highest BCUT2D eigenvalue weighted by molar-refractivity contribution is 7.98. The number of aromatic nitrogens is 2. The number of benzene rings is 1. The number of halogens is 2. The van der Waals surface area contributed by atoms with Gasteiger partial charge in [-0.3, -0.25) is 4.98 Å². The summed E-state index contributed by atoms with van der Waals surface area (Å²) >= 11 is 6.96. The summed E-state index contributed by atoms with van der Waals surface area (Å²) in [5.74, 6) is -1.54. The molecule has 7 heteroatoms. The van der Waals surface area contributed by atoms with E-state index in [1.54, 1.807) is 0 Å². The first kappa shape index (κ1) is 13.8. The third-order valence-electron chi connectivity index (χ3n) is 2.23. The number of nitrogens with zero attached hydrogens (tertiary/aromatic N) is 2. The predicted octanol–water partition coefficient (Wildman–Crippen LogP) is 3.26. The second-order valence-electron chi connectivity index (χ2n) is 3.57. The highest BCUT2D eigenvalue weighted by atomic mass is 35.5. The lowest BCUT2D eigenvalue weighted by molar-refractivity contribution is 0.0691. The first-order valence-electron chi connectivity index (χ1n) is 5.18. The van der Waals surface area contributed by atoms with Gasteiger partial charge < -0.3 is 5.11 Å². The van der Waals surface area contributed by atoms with Gasteiger partial charge in [-0.05, 0) is 18.2 Å². The minimum atomic E-state index is -1.29. The fraction of sp³-hybridized carbons (Fsp3) is 0.0833. The fourth-order valence-corrected chi connectivity index (χ4v) is 2.26. The Bertz CT molecular complexity index is 607. The van der Waals surface area contributed by atoms with E-state index < -0.39 is 11.8 Å². The summed E-state index contributed by atoms with van der Waals surface area (Å²) in [6.07, 6.45) is 2.97. The second kappa shape index (κ2) is 5.99. The van der Waals surface area contributed by atoms with Gasteiger partial charge in [0.2, 0.25) is 0 Å². The summed E-state index contributed by atoms with van der Waals surface area (Å²) in [6, 6.07) is 3.96. The van der Waals surface area contributed by atoms with E-state index in [4.69, 9.17) is 16.7 Å². The number of carboxylic acid groups (broad SMARTS) is 1. The Balaban J connectivity index is 2.09. The number of hydrogen-bond acceptors (Lipinski definition) is 4. The van der Waals surface area contributed by atoms with Crippen molar-refractivity contribution >= 4 is 29.3 Å². The largest absolute Gasteiger partial charge is 0.478 e. The van der Waals surface area contributed by atoms with Crippen LogP contribution in [-0.4, -0.2) is 21.0 Å². The van der Waals surface area contributed by atoms with Gasteiger partial charge in [0, 0.05) is 10.6 Å². The van der Waals surface area contributed by atoms with Gasteiger partial charge >= 0.3 is 5.97 Å². The molecule has 0 aliphatic carbocycles. The molecule has 98 valence electrons. The van der Waals surface area contributed by atoms with Crippen LogP contribution in [0.3, 0.4) is 0 Å². The Hall–Kier alpha value is -1.66. The molecule has 1 N–H and O–H groups in total. The van der Waals surface area contributed by atoms with E-state index in [1.807, 2.05) is 0 Å². The van der Waals surface area contributed by atoms with Crippen molar-refractivity contribution < 1.29 is 14.3 Å². The van der Waals surface area contributed by atoms with Gasteiger partial charge in [0.15, 0.2) is 0 Å². The highest BCUT2D eigenvalue weighted by Crippen LogP contribution is 2.24. The molecule has 2 aromatic rings. The maximum absolute atomic E-state index is 13.2. The van der Waals surface area contributed by atoms with Crippen molar-refractivity contribution in [1.29, 1.82) is 0 Å². The molecule has 0 fully saturated rings. The van der Waals surface area contributed by atoms with Crippen LogP contribution in [0.5, 0.6) is 0 Å². The molecule has 0 aliphatic rings. The Kier molecular flexibility index (Phi) is 4.34. The van der Waals surface area contributed by atoms with Crippen LogP contribution in [0.1, 0.15) is 16.1 Å². The lowest BCUT2D eigenvalue weighted by Gasteiger charge is -2.03. The lowest BCUT2D eigenvalue weighted by Crippen LogP contribution is -2.00. The quantitative estimate of drug-likeness (QED) is 0.878. The number of carboxylic acids is 1. The van der Waals surface area contributed by atoms with Gasteiger partial charge in [-0.1, -0.05) is 11.6 Å². The van der Waals surface area contributed by atoms with Crippen molar-refractivity contribution in [3.05, 3.63) is 52.8 Å². The molecule has 0 saturated carbocycles. The summed E-state index contributed by atoms with van der Waals surface area (Å²) in [7, 11) is 0. The van der Waals surface area contributed by atoms with Gasteiger partial charge in [-0.15, -0.1) is 11.8 Å². The zero-order valence-electron chi connectivity index (χ0n) is 9.51. The van der Waals surface area contributed by atoms with E-state index in [1.165, 1.54) is 36.3 Å². The molecule has 1 heterocycles. The number of hydrogen-bond donors (Lipinski definition) is 1. The average Bonchev–Trinajstić information content (AvgIpc) is 2.39. The van der Waals surface area contributed by atoms with Crippen LogP contribution in [0, 0.1) is 5.82 Å². The number of carbonyl (C=O) groups is 1. The fourth-order valence-electron chi connectivity index (χ4n) is 1.33. The predicted molar refractivity (Wildman–Crippen MR) is 70.0 cm³/mol. The van der Waals surface area contributed by atoms with E-state index in [-0.39, 0.29) is 5.56 Å². The van der Waals surface area contributed by atoms with Crippen LogP contribution >= 0.6 is 23.4 Å². The SMILES string of the molecule is O=C(O)c1cc(SCc2cnc(Cl)cn2)ccc1F. The number of thioether (sulfide) groups is 1. The van der Waals surface area contributed by atoms with E-state index in [2.05, 4.69) is 9.97 Å². The number of aromatic carboxylic acids is 1. The van der Waals surface area contributed by atoms with Crippen LogP contribution in [0.25, 0.3) is 0 Å². The van der Waals surface area contributed by atoms with E-state index in [9.17, 15) is 9.18 Å². The molecule has 4 nitrogen and oxygen atoms in total. The second-order valence-corrected chi connectivity index (χ2v) is 5.00. The van der Waals surface area contributed by atoms with Gasteiger partial charge in [-0.2, -0.15) is 0 Å². The molecule has 1 aromatic carbocycles. The van der Waals surface area contributed by atoms with Crippen molar-refractivity contribution in [1.82, 2.24) is 9.97 Å². The summed E-state index contributed by atoms with van der Waals surface area (Å²) in [5, 5.41) is 9.13. The highest BCUT2D eigenvalue weighted by Gasteiger charge is 2.11. The Morgan fingerprint density at radius 2 is 2.16 bits per heavy atom. The Morgan fingerprint density at radius 1 is 1.37 bits per heavy atom. The van der Waals surface area contributed by atoms with Crippen LogP contribution in [0.2, 0.25) is 5.15 Å². The van der Waals surface area contributed by atoms with Crippen LogP contribution in [0.15, 0.2) is 35.5 Å². The zero-order chi connectivity index (χ0) is 13.8. The minimum Gasteiger partial charge on any atom is -0.478 e. The molecule has 1 aromatic heterocycles. The van der Waals surface area contributed by atoms with Crippen molar-refractivity contribution in [2.45, 2.75) is 10.6 Å². The molecule has 0 atom stereocenters. The van der Waals surface area contributed by atoms with E-state index >= 15 is 0 Å². The molecule has 0 bridgehead atoms. The van der Waals surface area contributed by atoms with Gasteiger partial charge in [0.25, 0.3) is 0 Å². The summed E-state index contributed by atoms with van der Waals surface area (Å²) < 4.78 is 13.2. The Labute approximate surface area is 117 Å². The lowest BCUT2D eigenvalue weighted by atomic mass is 10.2. The Morgan fingerprint density at radius 3 is 2.79 bits per heavy atom. The smallest absolute Gasteiger partial charge is 0.338 e. The molecule has 2 rings (SSSR count). The van der Waals surface area contributed by atoms with E-state index in [0.29, 0.717) is 21.5 Å². The maximum Gasteiger partial charge on any atom is 0.338 e. The number of rotatable bonds is 4. The normalized spacial score (nSPS) is 10.4. The molecule has 0 spiro atoms. The monoisotopic (exact) mass is 298 g/mol. The molecular weight excluding hydrogens is 291 g/mol. The van der Waals surface area contributed by atoms with Crippen molar-refractivity contribution in [2.24, 2.45) is 0 Å². The first-order chi connectivity index (χ1) is 9.06. The molecule has 0 saturated heterocycles. The minimum absolute atomic E-state index is 0.309. The molecule has 0 radical (unpaired) electrons. The third kappa shape index (κ3) is 3.65. The maximum atomic E-state index is 13.2. The average molecular weight is 299 g/mol. The van der Waals surface area contributed by atoms with Crippen LogP contribution in [-0.2, 0) is 5.75 Å². The van der Waals surface area contributed by atoms with Crippen LogP contribution < -0.4 is 0 Å². The van der Waals surface area contributed by atoms with Gasteiger partial charge in [0.05, 0.1) is 23.7 Å². The van der Waals surface area contributed by atoms with Crippen molar-refractivity contribution in [2.75, 3.05) is 0 Å². The summed E-state index contributed by atoms with van der Waals surface area (Å²) in [6.45, 7) is 0. The van der Waals surface area contributed by atoms with Crippen molar-refractivity contribution in [3.63, 3.8) is 0 Å². The standard InChI is InChI=1S/C12H8ClFN2O2S/c13-11-5-15-7(4-16-11)6-19-8-1-2-10(14)9(3-8)12(17)18/h1-5H,6H2,(H,17,18). The third-order valence-corrected chi connectivity index (χ3v) is 3.45.